The Morgan fingerprint density at radius 2 is 1.80 bits per heavy atom. The predicted octanol–water partition coefficient (Wildman–Crippen LogP) is 4.26. The number of rotatable bonds is 4. The smallest absolute Gasteiger partial charge is 0.159 e. The normalized spacial score (nSPS) is 10.8. The molecular weight excluding hydrogens is 400 g/mol. The third-order valence-electron chi connectivity index (χ3n) is 4.89. The van der Waals surface area contributed by atoms with Gasteiger partial charge in [-0.2, -0.15) is 15.5 Å². The van der Waals surface area contributed by atoms with Gasteiger partial charge in [-0.3, -0.25) is 4.68 Å². The Morgan fingerprint density at radius 1 is 1.07 bits per heavy atom. The van der Waals surface area contributed by atoms with Crippen molar-refractivity contribution in [3.63, 3.8) is 0 Å². The van der Waals surface area contributed by atoms with E-state index >= 15 is 0 Å². The van der Waals surface area contributed by atoms with Crippen molar-refractivity contribution in [2.24, 2.45) is 7.05 Å². The highest BCUT2D eigenvalue weighted by Gasteiger charge is 2.16. The summed E-state index contributed by atoms with van der Waals surface area (Å²) in [5.41, 5.74) is 4.93. The second kappa shape index (κ2) is 7.61. The summed E-state index contributed by atoms with van der Waals surface area (Å²) in [5, 5.41) is 22.0. The highest BCUT2D eigenvalue weighted by Crippen LogP contribution is 2.30. The van der Waals surface area contributed by atoms with Gasteiger partial charge in [-0.15, -0.1) is 0 Å². The van der Waals surface area contributed by atoms with Gasteiger partial charge in [-0.25, -0.2) is 14.6 Å². The van der Waals surface area contributed by atoms with Gasteiger partial charge >= 0.3 is 0 Å². The maximum absolute atomic E-state index is 9.00. The van der Waals surface area contributed by atoms with Gasteiger partial charge in [0.2, 0.25) is 0 Å². The zero-order chi connectivity index (χ0) is 21.4. The zero-order valence-corrected chi connectivity index (χ0v) is 17.7. The molecule has 1 aromatic carbocycles. The number of nitrogens with one attached hydrogen (secondary N) is 1. The number of nitrogens with zero attached hydrogens (tertiary/aromatic N) is 7. The first kappa shape index (κ1) is 19.6. The summed E-state index contributed by atoms with van der Waals surface area (Å²) in [4.78, 5) is 8.65. The van der Waals surface area contributed by atoms with Crippen molar-refractivity contribution in [3.05, 3.63) is 64.2 Å². The summed E-state index contributed by atoms with van der Waals surface area (Å²) < 4.78 is 3.47. The summed E-state index contributed by atoms with van der Waals surface area (Å²) >= 11 is 6.27. The van der Waals surface area contributed by atoms with Crippen LogP contribution in [0.25, 0.3) is 17.1 Å². The monoisotopic (exact) mass is 418 g/mol. The molecule has 0 spiro atoms. The number of aryl methyl sites for hydroxylation is 2. The highest BCUT2D eigenvalue weighted by molar-refractivity contribution is 6.31. The van der Waals surface area contributed by atoms with Gasteiger partial charge in [0, 0.05) is 24.2 Å². The van der Waals surface area contributed by atoms with Crippen molar-refractivity contribution in [1.82, 2.24) is 29.5 Å². The predicted molar refractivity (Wildman–Crippen MR) is 115 cm³/mol. The molecule has 4 rings (SSSR count). The van der Waals surface area contributed by atoms with Gasteiger partial charge in [0.15, 0.2) is 5.82 Å². The molecule has 150 valence electrons. The van der Waals surface area contributed by atoms with Crippen LogP contribution in [0.3, 0.4) is 0 Å². The van der Waals surface area contributed by atoms with E-state index in [0.29, 0.717) is 22.2 Å². The minimum Gasteiger partial charge on any atom is -0.325 e. The average Bonchev–Trinajstić information content (AvgIpc) is 3.18. The maximum Gasteiger partial charge on any atom is 0.159 e. The van der Waals surface area contributed by atoms with Gasteiger partial charge in [-0.1, -0.05) is 23.7 Å². The molecule has 30 heavy (non-hydrogen) atoms. The lowest BCUT2D eigenvalue weighted by Crippen LogP contribution is -2.06. The van der Waals surface area contributed by atoms with Gasteiger partial charge in [0.25, 0.3) is 0 Å². The Balaban J connectivity index is 1.67. The van der Waals surface area contributed by atoms with E-state index in [1.54, 1.807) is 21.5 Å². The summed E-state index contributed by atoms with van der Waals surface area (Å²) in [6, 6.07) is 11.3. The first-order valence-corrected chi connectivity index (χ1v) is 9.62. The Labute approximate surface area is 178 Å². The van der Waals surface area contributed by atoms with E-state index in [9.17, 15) is 0 Å². The number of nitriles is 1. The van der Waals surface area contributed by atoms with Crippen molar-refractivity contribution >= 4 is 23.2 Å². The highest BCUT2D eigenvalue weighted by atomic mass is 35.5. The van der Waals surface area contributed by atoms with Gasteiger partial charge in [0.1, 0.15) is 18.0 Å². The van der Waals surface area contributed by atoms with Crippen molar-refractivity contribution < 1.29 is 0 Å². The van der Waals surface area contributed by atoms with Crippen LogP contribution in [0.4, 0.5) is 11.6 Å². The molecule has 0 aliphatic carbocycles. The third-order valence-corrected chi connectivity index (χ3v) is 5.44. The molecule has 3 aromatic heterocycles. The number of aromatic nitrogens is 6. The first-order valence-electron chi connectivity index (χ1n) is 9.24. The van der Waals surface area contributed by atoms with E-state index in [1.807, 2.05) is 46.0 Å². The largest absolute Gasteiger partial charge is 0.325 e. The van der Waals surface area contributed by atoms with Crippen LogP contribution in [-0.2, 0) is 7.05 Å². The molecule has 0 atom stereocenters. The molecular formula is C21H19ClN8. The molecule has 0 saturated carbocycles. The van der Waals surface area contributed by atoms with Crippen molar-refractivity contribution in [3.8, 4) is 23.1 Å². The Kier molecular flexibility index (Phi) is 4.98. The molecule has 1 N–H and O–H groups in total. The lowest BCUT2D eigenvalue weighted by molar-refractivity contribution is 0.777. The van der Waals surface area contributed by atoms with E-state index in [2.05, 4.69) is 31.6 Å². The van der Waals surface area contributed by atoms with Crippen LogP contribution in [0.1, 0.15) is 22.5 Å². The molecule has 0 aliphatic heterocycles. The standard InChI is InChI=1S/C21H19ClN8/c1-12-20(16-7-5-15(10-23)6-8-16)28-29(4)21(12)26-17-9-18(25-11-24-17)30-14(3)19(22)13(2)27-30/h5-9,11H,1-4H3,(H,24,25,26). The van der Waals surface area contributed by atoms with E-state index < -0.39 is 0 Å². The van der Waals surface area contributed by atoms with Crippen LogP contribution in [0.5, 0.6) is 0 Å². The average molecular weight is 419 g/mol. The van der Waals surface area contributed by atoms with Crippen LogP contribution < -0.4 is 5.32 Å². The van der Waals surface area contributed by atoms with Gasteiger partial charge in [0.05, 0.1) is 33.7 Å². The summed E-state index contributed by atoms with van der Waals surface area (Å²) in [6.45, 7) is 5.74. The number of hydrogen-bond donors (Lipinski definition) is 1. The first-order chi connectivity index (χ1) is 14.4. The SMILES string of the molecule is Cc1nn(-c2cc(Nc3c(C)c(-c4ccc(C#N)cc4)nn3C)ncn2)c(C)c1Cl. The molecule has 0 amide bonds. The third kappa shape index (κ3) is 3.40. The molecule has 0 aliphatic rings. The van der Waals surface area contributed by atoms with E-state index in [-0.39, 0.29) is 0 Å². The second-order valence-corrected chi connectivity index (χ2v) is 7.30. The second-order valence-electron chi connectivity index (χ2n) is 6.92. The van der Waals surface area contributed by atoms with Gasteiger partial charge < -0.3 is 5.32 Å². The maximum atomic E-state index is 9.00. The quantitative estimate of drug-likeness (QED) is 0.531. The number of hydrogen-bond acceptors (Lipinski definition) is 6. The topological polar surface area (TPSA) is 97.2 Å². The van der Waals surface area contributed by atoms with Crippen LogP contribution in [0.15, 0.2) is 36.7 Å². The number of benzene rings is 1. The summed E-state index contributed by atoms with van der Waals surface area (Å²) in [7, 11) is 1.87. The van der Waals surface area contributed by atoms with Crippen LogP contribution in [-0.4, -0.2) is 29.5 Å². The molecule has 0 saturated heterocycles. The summed E-state index contributed by atoms with van der Waals surface area (Å²) in [6.07, 6.45) is 1.48. The molecule has 0 bridgehead atoms. The lowest BCUT2D eigenvalue weighted by atomic mass is 10.1. The van der Waals surface area contributed by atoms with Crippen molar-refractivity contribution in [2.75, 3.05) is 5.32 Å². The molecule has 3 heterocycles. The van der Waals surface area contributed by atoms with E-state index in [0.717, 1.165) is 34.0 Å². The van der Waals surface area contributed by atoms with Crippen molar-refractivity contribution in [1.29, 1.82) is 5.26 Å². The van der Waals surface area contributed by atoms with Crippen LogP contribution in [0.2, 0.25) is 5.02 Å². The van der Waals surface area contributed by atoms with E-state index in [1.165, 1.54) is 6.33 Å². The Morgan fingerprint density at radius 3 is 2.43 bits per heavy atom. The number of anilines is 2. The van der Waals surface area contributed by atoms with Gasteiger partial charge in [-0.05, 0) is 32.9 Å². The Hall–Kier alpha value is -3.70. The zero-order valence-electron chi connectivity index (χ0n) is 17.0. The minimum absolute atomic E-state index is 0.612. The van der Waals surface area contributed by atoms with Crippen LogP contribution in [0, 0.1) is 32.1 Å². The fourth-order valence-corrected chi connectivity index (χ4v) is 3.40. The molecule has 4 aromatic rings. The molecule has 0 radical (unpaired) electrons. The van der Waals surface area contributed by atoms with Crippen molar-refractivity contribution in [2.45, 2.75) is 20.8 Å². The minimum atomic E-state index is 0.612. The Bertz CT molecular complexity index is 1280. The number of halogens is 1. The molecule has 0 unspecified atom stereocenters. The molecule has 9 heteroatoms. The van der Waals surface area contributed by atoms with E-state index in [4.69, 9.17) is 16.9 Å². The van der Waals surface area contributed by atoms with Crippen LogP contribution >= 0.6 is 11.6 Å². The fraction of sp³-hybridized carbons (Fsp3) is 0.190. The molecule has 8 nitrogen and oxygen atoms in total. The summed E-state index contributed by atoms with van der Waals surface area (Å²) in [5.74, 6) is 2.04. The lowest BCUT2D eigenvalue weighted by Gasteiger charge is -2.09. The fourth-order valence-electron chi connectivity index (χ4n) is 3.28. The molecule has 0 fully saturated rings.